The van der Waals surface area contributed by atoms with Gasteiger partial charge in [-0.05, 0) is 48.9 Å². The summed E-state index contributed by atoms with van der Waals surface area (Å²) in [6.07, 6.45) is 4.95. The Labute approximate surface area is 141 Å². The molecule has 2 aromatic rings. The molecule has 1 unspecified atom stereocenters. The Morgan fingerprint density at radius 2 is 2.26 bits per heavy atom. The van der Waals surface area contributed by atoms with Gasteiger partial charge in [-0.15, -0.1) is 11.6 Å². The van der Waals surface area contributed by atoms with Crippen molar-refractivity contribution >= 4 is 28.5 Å². The lowest BCUT2D eigenvalue weighted by Crippen LogP contribution is -2.34. The molecule has 0 bridgehead atoms. The molecule has 1 aromatic carbocycles. The molecule has 1 aliphatic rings. The average molecular weight is 336 g/mol. The number of amides is 1. The largest absolute Gasteiger partial charge is 0.464 e. The van der Waals surface area contributed by atoms with Gasteiger partial charge in [0.1, 0.15) is 11.5 Å². The highest BCUT2D eigenvalue weighted by Gasteiger charge is 2.18. The predicted molar refractivity (Wildman–Crippen MR) is 90.5 cm³/mol. The molecule has 3 rings (SSSR count). The predicted octanol–water partition coefficient (Wildman–Crippen LogP) is 3.82. The van der Waals surface area contributed by atoms with Gasteiger partial charge in [0, 0.05) is 31.7 Å². The number of alkyl halides is 1. The van der Waals surface area contributed by atoms with Crippen molar-refractivity contribution in [3.8, 4) is 0 Å². The molecule has 0 saturated carbocycles. The fourth-order valence-corrected chi connectivity index (χ4v) is 3.25. The Hall–Kier alpha value is -1.52. The third-order valence-corrected chi connectivity index (χ3v) is 4.65. The molecular weight excluding hydrogens is 314 g/mol. The lowest BCUT2D eigenvalue weighted by Gasteiger charge is -2.27. The number of benzene rings is 1. The fraction of sp³-hybridized carbons (Fsp3) is 0.500. The van der Waals surface area contributed by atoms with E-state index in [4.69, 9.17) is 20.8 Å². The lowest BCUT2D eigenvalue weighted by atomic mass is 9.98. The maximum absolute atomic E-state index is 12.1. The van der Waals surface area contributed by atoms with E-state index in [0.29, 0.717) is 12.5 Å². The number of carbonyl (C=O) groups is 1. The molecule has 1 aliphatic heterocycles. The van der Waals surface area contributed by atoms with Crippen molar-refractivity contribution in [2.24, 2.45) is 5.92 Å². The molecule has 1 atom stereocenters. The number of rotatable bonds is 6. The van der Waals surface area contributed by atoms with Crippen molar-refractivity contribution in [3.05, 3.63) is 36.1 Å². The van der Waals surface area contributed by atoms with Crippen LogP contribution in [0.5, 0.6) is 0 Å². The number of carbonyl (C=O) groups excluding carboxylic acids is 1. The number of fused-ring (bicyclic) bond motifs is 1. The molecule has 1 aromatic heterocycles. The molecule has 0 radical (unpaired) electrons. The molecule has 23 heavy (non-hydrogen) atoms. The molecular formula is C18H22ClNO3. The number of halogens is 1. The highest BCUT2D eigenvalue weighted by atomic mass is 35.5. The summed E-state index contributed by atoms with van der Waals surface area (Å²) >= 11 is 5.78. The zero-order valence-electron chi connectivity index (χ0n) is 13.2. The van der Waals surface area contributed by atoms with Crippen molar-refractivity contribution in [1.82, 2.24) is 4.90 Å². The summed E-state index contributed by atoms with van der Waals surface area (Å²) in [6, 6.07) is 7.95. The van der Waals surface area contributed by atoms with Crippen LogP contribution in [0.3, 0.4) is 0 Å². The Morgan fingerprint density at radius 3 is 3.04 bits per heavy atom. The molecule has 0 spiro atoms. The molecule has 1 saturated heterocycles. The maximum Gasteiger partial charge on any atom is 0.237 e. The van der Waals surface area contributed by atoms with Crippen LogP contribution in [0.15, 0.2) is 34.9 Å². The van der Waals surface area contributed by atoms with Crippen LogP contribution in [0, 0.1) is 5.92 Å². The molecule has 1 fully saturated rings. The molecule has 5 heteroatoms. The van der Waals surface area contributed by atoms with Gasteiger partial charge >= 0.3 is 0 Å². The van der Waals surface area contributed by atoms with E-state index in [9.17, 15) is 4.79 Å². The average Bonchev–Trinajstić information content (AvgIpc) is 3.06. The van der Waals surface area contributed by atoms with Gasteiger partial charge in [0.2, 0.25) is 5.91 Å². The Balaban J connectivity index is 1.64. The second kappa shape index (κ2) is 7.84. The normalized spacial score (nSPS) is 18.2. The van der Waals surface area contributed by atoms with Gasteiger partial charge in [-0.25, -0.2) is 0 Å². The summed E-state index contributed by atoms with van der Waals surface area (Å²) in [7, 11) is 0. The summed E-state index contributed by atoms with van der Waals surface area (Å²) in [4.78, 5) is 14.0. The van der Waals surface area contributed by atoms with Crippen LogP contribution in [0.25, 0.3) is 11.0 Å². The van der Waals surface area contributed by atoms with Gasteiger partial charge in [-0.2, -0.15) is 0 Å². The molecule has 4 nitrogen and oxygen atoms in total. The first-order valence-corrected chi connectivity index (χ1v) is 8.67. The topological polar surface area (TPSA) is 42.7 Å². The summed E-state index contributed by atoms with van der Waals surface area (Å²) in [5, 5.41) is 1.06. The molecule has 1 amide bonds. The third kappa shape index (κ3) is 4.27. The summed E-state index contributed by atoms with van der Waals surface area (Å²) < 4.78 is 10.9. The van der Waals surface area contributed by atoms with E-state index < -0.39 is 0 Å². The van der Waals surface area contributed by atoms with E-state index in [1.807, 2.05) is 23.1 Å². The second-order valence-corrected chi connectivity index (χ2v) is 6.38. The van der Waals surface area contributed by atoms with E-state index in [0.717, 1.165) is 49.1 Å². The Kier molecular flexibility index (Phi) is 5.57. The minimum Gasteiger partial charge on any atom is -0.464 e. The number of nitrogens with zero attached hydrogens (tertiary/aromatic N) is 1. The monoisotopic (exact) mass is 335 g/mol. The third-order valence-electron chi connectivity index (χ3n) is 4.42. The second-order valence-electron chi connectivity index (χ2n) is 6.11. The Morgan fingerprint density at radius 1 is 1.35 bits per heavy atom. The number of hydrogen-bond donors (Lipinski definition) is 0. The minimum absolute atomic E-state index is 0.0179. The van der Waals surface area contributed by atoms with Gasteiger partial charge in [0.05, 0.1) is 6.26 Å². The molecule has 124 valence electrons. The first-order chi connectivity index (χ1) is 11.3. The quantitative estimate of drug-likeness (QED) is 0.754. The van der Waals surface area contributed by atoms with Crippen LogP contribution in [-0.4, -0.2) is 36.4 Å². The SMILES string of the molecule is O=C(CCl)N(CCC1CCCOC1)Cc1ccc2occc2c1. The summed E-state index contributed by atoms with van der Waals surface area (Å²) in [5.74, 6) is 0.552. The van der Waals surface area contributed by atoms with Crippen LogP contribution in [0.1, 0.15) is 24.8 Å². The highest BCUT2D eigenvalue weighted by Crippen LogP contribution is 2.20. The van der Waals surface area contributed by atoms with E-state index in [1.54, 1.807) is 6.26 Å². The zero-order valence-corrected chi connectivity index (χ0v) is 13.9. The van der Waals surface area contributed by atoms with Crippen molar-refractivity contribution < 1.29 is 13.9 Å². The van der Waals surface area contributed by atoms with Crippen LogP contribution in [-0.2, 0) is 16.1 Å². The smallest absolute Gasteiger partial charge is 0.237 e. The number of ether oxygens (including phenoxy) is 1. The van der Waals surface area contributed by atoms with Gasteiger partial charge in [-0.1, -0.05) is 6.07 Å². The van der Waals surface area contributed by atoms with Gasteiger partial charge < -0.3 is 14.1 Å². The maximum atomic E-state index is 12.1. The first-order valence-electron chi connectivity index (χ1n) is 8.14. The first kappa shape index (κ1) is 16.3. The summed E-state index contributed by atoms with van der Waals surface area (Å²) in [6.45, 7) is 2.98. The van der Waals surface area contributed by atoms with Crippen molar-refractivity contribution in [2.45, 2.75) is 25.8 Å². The van der Waals surface area contributed by atoms with Crippen LogP contribution < -0.4 is 0 Å². The van der Waals surface area contributed by atoms with Gasteiger partial charge in [0.25, 0.3) is 0 Å². The van der Waals surface area contributed by atoms with Gasteiger partial charge in [-0.3, -0.25) is 4.79 Å². The fourth-order valence-electron chi connectivity index (χ4n) is 3.08. The summed E-state index contributed by atoms with van der Waals surface area (Å²) in [5.41, 5.74) is 1.96. The van der Waals surface area contributed by atoms with Crippen LogP contribution >= 0.6 is 11.6 Å². The molecule has 0 N–H and O–H groups in total. The van der Waals surface area contributed by atoms with Crippen molar-refractivity contribution in [3.63, 3.8) is 0 Å². The van der Waals surface area contributed by atoms with Gasteiger partial charge in [0.15, 0.2) is 0 Å². The Bertz CT molecular complexity index is 649. The zero-order chi connectivity index (χ0) is 16.1. The molecule has 0 aliphatic carbocycles. The highest BCUT2D eigenvalue weighted by molar-refractivity contribution is 6.27. The van der Waals surface area contributed by atoms with E-state index in [-0.39, 0.29) is 11.8 Å². The van der Waals surface area contributed by atoms with Crippen LogP contribution in [0.4, 0.5) is 0 Å². The van der Waals surface area contributed by atoms with Crippen molar-refractivity contribution in [2.75, 3.05) is 25.6 Å². The number of hydrogen-bond acceptors (Lipinski definition) is 3. The minimum atomic E-state index is -0.0179. The van der Waals surface area contributed by atoms with E-state index in [2.05, 4.69) is 6.07 Å². The van der Waals surface area contributed by atoms with Crippen LogP contribution in [0.2, 0.25) is 0 Å². The number of furan rings is 1. The van der Waals surface area contributed by atoms with E-state index in [1.165, 1.54) is 6.42 Å². The standard InChI is InChI=1S/C18H22ClNO3/c19-11-18(21)20(7-5-14-2-1-8-22-13-14)12-15-3-4-17-16(10-15)6-9-23-17/h3-4,6,9-10,14H,1-2,5,7-8,11-13H2. The van der Waals surface area contributed by atoms with Crippen molar-refractivity contribution in [1.29, 1.82) is 0 Å². The molecule has 2 heterocycles. The van der Waals surface area contributed by atoms with E-state index >= 15 is 0 Å². The lowest BCUT2D eigenvalue weighted by molar-refractivity contribution is -0.129.